The van der Waals surface area contributed by atoms with Gasteiger partial charge >= 0.3 is 5.97 Å². The van der Waals surface area contributed by atoms with E-state index in [1.54, 1.807) is 39.2 Å². The lowest BCUT2D eigenvalue weighted by molar-refractivity contribution is -0.135. The summed E-state index contributed by atoms with van der Waals surface area (Å²) in [6.45, 7) is 1.66. The molecule has 0 heterocycles. The molecule has 1 rings (SSSR count). The summed E-state index contributed by atoms with van der Waals surface area (Å²) in [6, 6.07) is 5.12. The number of halogens is 1. The highest BCUT2D eigenvalue weighted by Crippen LogP contribution is 2.24. The van der Waals surface area contributed by atoms with Crippen LogP contribution in [0.4, 0.5) is 0 Å². The molecule has 0 radical (unpaired) electrons. The summed E-state index contributed by atoms with van der Waals surface area (Å²) in [6.07, 6.45) is 1.89. The van der Waals surface area contributed by atoms with Gasteiger partial charge in [0.2, 0.25) is 0 Å². The molecular formula is C14H16BrNO4. The molecule has 0 aliphatic heterocycles. The van der Waals surface area contributed by atoms with Crippen molar-refractivity contribution in [2.45, 2.75) is 13.0 Å². The maximum absolute atomic E-state index is 11.7. The van der Waals surface area contributed by atoms with Gasteiger partial charge in [-0.3, -0.25) is 4.79 Å². The lowest BCUT2D eigenvalue weighted by Crippen LogP contribution is -2.35. The minimum atomic E-state index is -1.03. The molecular weight excluding hydrogens is 326 g/mol. The van der Waals surface area contributed by atoms with Gasteiger partial charge < -0.3 is 14.7 Å². The molecule has 0 saturated carbocycles. The van der Waals surface area contributed by atoms with Gasteiger partial charge in [0.15, 0.2) is 6.10 Å². The number of hydrogen-bond donors (Lipinski definition) is 1. The second-order valence-corrected chi connectivity index (χ2v) is 5.20. The lowest BCUT2D eigenvalue weighted by atomic mass is 10.2. The van der Waals surface area contributed by atoms with Crippen LogP contribution in [-0.2, 0) is 9.59 Å². The van der Waals surface area contributed by atoms with Gasteiger partial charge in [-0.05, 0) is 36.8 Å². The van der Waals surface area contributed by atoms with E-state index in [2.05, 4.69) is 15.9 Å². The number of ether oxygens (including phenoxy) is 1. The number of hydrogen-bond acceptors (Lipinski definition) is 3. The molecule has 1 unspecified atom stereocenters. The Labute approximate surface area is 126 Å². The van der Waals surface area contributed by atoms with Gasteiger partial charge in [0.1, 0.15) is 5.75 Å². The van der Waals surface area contributed by atoms with Gasteiger partial charge in [-0.15, -0.1) is 0 Å². The SMILES string of the molecule is CC(Oc1ccc(Br)c(/C=C/C(=O)O)c1)C(=O)N(C)C. The fourth-order valence-corrected chi connectivity index (χ4v) is 1.88. The molecule has 0 aliphatic carbocycles. The number of carboxylic acid groups (broad SMARTS) is 1. The van der Waals surface area contributed by atoms with Crippen LogP contribution in [0, 0.1) is 0 Å². The molecule has 108 valence electrons. The topological polar surface area (TPSA) is 66.8 Å². The predicted octanol–water partition coefficient (Wildman–Crippen LogP) is 2.40. The van der Waals surface area contributed by atoms with Crippen LogP contribution in [0.25, 0.3) is 6.08 Å². The van der Waals surface area contributed by atoms with E-state index in [0.717, 1.165) is 10.5 Å². The van der Waals surface area contributed by atoms with Crippen LogP contribution in [0.5, 0.6) is 5.75 Å². The van der Waals surface area contributed by atoms with Crippen molar-refractivity contribution < 1.29 is 19.4 Å². The molecule has 0 spiro atoms. The number of nitrogens with zero attached hydrogens (tertiary/aromatic N) is 1. The number of aliphatic carboxylic acids is 1. The first-order valence-corrected chi connectivity index (χ1v) is 6.69. The Balaban J connectivity index is 2.90. The minimum Gasteiger partial charge on any atom is -0.481 e. The average molecular weight is 342 g/mol. The van der Waals surface area contributed by atoms with Crippen molar-refractivity contribution in [3.63, 3.8) is 0 Å². The number of carboxylic acids is 1. The maximum atomic E-state index is 11.7. The summed E-state index contributed by atoms with van der Waals surface area (Å²) in [5.41, 5.74) is 0.661. The normalized spacial score (nSPS) is 12.2. The van der Waals surface area contributed by atoms with Gasteiger partial charge in [-0.1, -0.05) is 15.9 Å². The van der Waals surface area contributed by atoms with E-state index in [4.69, 9.17) is 9.84 Å². The van der Waals surface area contributed by atoms with E-state index in [1.165, 1.54) is 11.0 Å². The third kappa shape index (κ3) is 4.70. The first kappa shape index (κ1) is 16.2. The Hall–Kier alpha value is -1.82. The molecule has 0 aliphatic rings. The lowest BCUT2D eigenvalue weighted by Gasteiger charge is -2.18. The maximum Gasteiger partial charge on any atom is 0.328 e. The largest absolute Gasteiger partial charge is 0.481 e. The molecule has 1 atom stereocenters. The Kier molecular flexibility index (Phi) is 5.76. The summed E-state index contributed by atoms with van der Waals surface area (Å²) in [7, 11) is 3.32. The number of benzene rings is 1. The summed E-state index contributed by atoms with van der Waals surface area (Å²) in [5.74, 6) is -0.670. The number of carbonyl (C=O) groups is 2. The summed E-state index contributed by atoms with van der Waals surface area (Å²) in [5, 5.41) is 8.63. The van der Waals surface area contributed by atoms with E-state index in [-0.39, 0.29) is 5.91 Å². The van der Waals surface area contributed by atoms with E-state index in [0.29, 0.717) is 11.3 Å². The zero-order valence-electron chi connectivity index (χ0n) is 11.5. The highest BCUT2D eigenvalue weighted by molar-refractivity contribution is 9.10. The van der Waals surface area contributed by atoms with Crippen molar-refractivity contribution in [3.05, 3.63) is 34.3 Å². The van der Waals surface area contributed by atoms with Gasteiger partial charge in [0, 0.05) is 24.6 Å². The molecule has 0 fully saturated rings. The van der Waals surface area contributed by atoms with Crippen LogP contribution < -0.4 is 4.74 Å². The summed E-state index contributed by atoms with van der Waals surface area (Å²) >= 11 is 3.32. The summed E-state index contributed by atoms with van der Waals surface area (Å²) in [4.78, 5) is 23.7. The van der Waals surface area contributed by atoms with E-state index in [1.807, 2.05) is 0 Å². The molecule has 5 nitrogen and oxygen atoms in total. The highest BCUT2D eigenvalue weighted by Gasteiger charge is 2.16. The molecule has 0 saturated heterocycles. The molecule has 1 amide bonds. The number of carbonyl (C=O) groups excluding carboxylic acids is 1. The van der Waals surface area contributed by atoms with Crippen LogP contribution in [0.2, 0.25) is 0 Å². The average Bonchev–Trinajstić information content (AvgIpc) is 2.38. The minimum absolute atomic E-state index is 0.143. The second kappa shape index (κ2) is 7.09. The molecule has 1 N–H and O–H groups in total. The third-order valence-corrected chi connectivity index (χ3v) is 3.20. The van der Waals surface area contributed by atoms with Gasteiger partial charge in [0.05, 0.1) is 0 Å². The van der Waals surface area contributed by atoms with Gasteiger partial charge in [0.25, 0.3) is 5.91 Å². The van der Waals surface area contributed by atoms with Crippen molar-refractivity contribution in [1.82, 2.24) is 4.90 Å². The van der Waals surface area contributed by atoms with E-state index < -0.39 is 12.1 Å². The zero-order valence-corrected chi connectivity index (χ0v) is 13.0. The standard InChI is InChI=1S/C14H16BrNO4/c1-9(14(19)16(2)3)20-11-5-6-12(15)10(8-11)4-7-13(17)18/h4-9H,1-3H3,(H,17,18)/b7-4+. The van der Waals surface area contributed by atoms with Crippen molar-refractivity contribution >= 4 is 33.9 Å². The van der Waals surface area contributed by atoms with E-state index >= 15 is 0 Å². The second-order valence-electron chi connectivity index (χ2n) is 4.35. The first-order valence-electron chi connectivity index (χ1n) is 5.89. The Morgan fingerprint density at radius 3 is 2.60 bits per heavy atom. The fourth-order valence-electron chi connectivity index (χ4n) is 1.50. The monoisotopic (exact) mass is 341 g/mol. The Morgan fingerprint density at radius 2 is 2.05 bits per heavy atom. The van der Waals surface area contributed by atoms with Crippen molar-refractivity contribution in [3.8, 4) is 5.75 Å². The Bertz CT molecular complexity index is 540. The molecule has 1 aromatic rings. The van der Waals surface area contributed by atoms with Crippen LogP contribution in [0.3, 0.4) is 0 Å². The zero-order chi connectivity index (χ0) is 15.3. The number of amides is 1. The van der Waals surface area contributed by atoms with Crippen molar-refractivity contribution in [1.29, 1.82) is 0 Å². The molecule has 0 aromatic heterocycles. The van der Waals surface area contributed by atoms with Gasteiger partial charge in [-0.25, -0.2) is 4.79 Å². The van der Waals surface area contributed by atoms with Crippen LogP contribution >= 0.6 is 15.9 Å². The summed E-state index contributed by atoms with van der Waals surface area (Å²) < 4.78 is 6.29. The molecule has 1 aromatic carbocycles. The van der Waals surface area contributed by atoms with Gasteiger partial charge in [-0.2, -0.15) is 0 Å². The molecule has 0 bridgehead atoms. The Morgan fingerprint density at radius 1 is 1.40 bits per heavy atom. The van der Waals surface area contributed by atoms with Crippen LogP contribution in [0.15, 0.2) is 28.7 Å². The quantitative estimate of drug-likeness (QED) is 0.835. The van der Waals surface area contributed by atoms with Crippen molar-refractivity contribution in [2.24, 2.45) is 0 Å². The predicted molar refractivity (Wildman–Crippen MR) is 79.6 cm³/mol. The highest BCUT2D eigenvalue weighted by atomic mass is 79.9. The first-order chi connectivity index (χ1) is 9.31. The molecule has 20 heavy (non-hydrogen) atoms. The third-order valence-electron chi connectivity index (χ3n) is 2.47. The fraction of sp³-hybridized carbons (Fsp3) is 0.286. The van der Waals surface area contributed by atoms with Crippen molar-refractivity contribution in [2.75, 3.05) is 14.1 Å². The van der Waals surface area contributed by atoms with Crippen LogP contribution in [-0.4, -0.2) is 42.1 Å². The molecule has 6 heteroatoms. The van der Waals surface area contributed by atoms with E-state index in [9.17, 15) is 9.59 Å². The number of likely N-dealkylation sites (N-methyl/N-ethyl adjacent to an activating group) is 1. The van der Waals surface area contributed by atoms with Crippen LogP contribution in [0.1, 0.15) is 12.5 Å². The smallest absolute Gasteiger partial charge is 0.328 e. The number of rotatable bonds is 5.